The Morgan fingerprint density at radius 1 is 0.568 bits per heavy atom. The van der Waals surface area contributed by atoms with Crippen LogP contribution in [-0.2, 0) is 74.0 Å². The lowest BCUT2D eigenvalue weighted by molar-refractivity contribution is -0.192. The van der Waals surface area contributed by atoms with Gasteiger partial charge in [-0.25, -0.2) is 13.2 Å². The summed E-state index contributed by atoms with van der Waals surface area (Å²) in [5.74, 6) is -15.5. The van der Waals surface area contributed by atoms with E-state index >= 15 is 0 Å². The number of carboxylic acids is 1. The Bertz CT molecular complexity index is 2720. The van der Waals surface area contributed by atoms with Gasteiger partial charge in [0, 0.05) is 19.0 Å². The van der Waals surface area contributed by atoms with Gasteiger partial charge >= 0.3 is 12.1 Å². The number of sulfonamides is 1. The van der Waals surface area contributed by atoms with E-state index in [4.69, 9.17) is 32.8 Å². The lowest BCUT2D eigenvalue weighted by atomic mass is 9.97. The SMILES string of the molecule is CCCCCCCCCCCCCCCN([C@@H](CO)C(=O)N[C@@H](CO)C(N)=O)S(=O)(=O)C[C@H](CC(C)C)NC(=O)[C@@H](NC(=O)[C@H](C)NC(=O)CNC(=O)[C@H](Cc1ccccc1)NC(=O)[C@H](CC(N)=O)NC(=O)[C@H](CC(N)=O)NC(=O)[C@@H](N)CO)[C@@H](C)CC.O=C(O)C(F)(F)F. The van der Waals surface area contributed by atoms with Crippen LogP contribution in [0.3, 0.4) is 0 Å². The predicted octanol–water partition coefficient (Wildman–Crippen LogP) is -1.88. The van der Waals surface area contributed by atoms with Crippen LogP contribution in [0.1, 0.15) is 156 Å². The number of carboxylic acid groups (broad SMARTS) is 1. The van der Waals surface area contributed by atoms with Gasteiger partial charge in [-0.05, 0) is 37.2 Å². The summed E-state index contributed by atoms with van der Waals surface area (Å²) in [7, 11) is -4.55. The van der Waals surface area contributed by atoms with E-state index in [1.807, 2.05) is 0 Å². The topological polar surface area (TPSA) is 523 Å². The largest absolute Gasteiger partial charge is 0.490 e. The number of aliphatic hydroxyl groups is 3. The third-order valence-electron chi connectivity index (χ3n) is 14.8. The van der Waals surface area contributed by atoms with Crippen LogP contribution in [0.2, 0.25) is 0 Å². The summed E-state index contributed by atoms with van der Waals surface area (Å²) in [6, 6.07) is -5.41. The number of unbranched alkanes of at least 4 members (excludes halogenated alkanes) is 12. The zero-order chi connectivity index (χ0) is 72.6. The van der Waals surface area contributed by atoms with E-state index in [1.54, 1.807) is 58.0 Å². The van der Waals surface area contributed by atoms with Crippen LogP contribution in [-0.4, -0.2) is 203 Å². The van der Waals surface area contributed by atoms with Crippen molar-refractivity contribution in [3.8, 4) is 0 Å². The Kier molecular flexibility index (Phi) is 42.8. The van der Waals surface area contributed by atoms with E-state index in [-0.39, 0.29) is 25.3 Å². The maximum Gasteiger partial charge on any atom is 0.490 e. The number of hydrogen-bond donors (Lipinski definition) is 16. The van der Waals surface area contributed by atoms with Crippen LogP contribution in [0.15, 0.2) is 30.3 Å². The predicted molar refractivity (Wildman–Crippen MR) is 341 cm³/mol. The molecule has 95 heavy (non-hydrogen) atoms. The van der Waals surface area contributed by atoms with Crippen LogP contribution in [0.5, 0.6) is 0 Å². The highest BCUT2D eigenvalue weighted by atomic mass is 32.2. The Morgan fingerprint density at radius 3 is 1.47 bits per heavy atom. The van der Waals surface area contributed by atoms with Crippen molar-refractivity contribution >= 4 is 81.0 Å². The Morgan fingerprint density at radius 2 is 1.04 bits per heavy atom. The summed E-state index contributed by atoms with van der Waals surface area (Å²) in [4.78, 5) is 153. The Balaban J connectivity index is 0.0000119. The highest BCUT2D eigenvalue weighted by molar-refractivity contribution is 7.89. The molecule has 0 radical (unpaired) electrons. The van der Waals surface area contributed by atoms with Gasteiger partial charge in [0.1, 0.15) is 48.3 Å². The molecule has 0 unspecified atom stereocenters. The zero-order valence-corrected chi connectivity index (χ0v) is 55.8. The van der Waals surface area contributed by atoms with Crippen LogP contribution in [0.25, 0.3) is 0 Å². The lowest BCUT2D eigenvalue weighted by Gasteiger charge is -2.32. The van der Waals surface area contributed by atoms with Gasteiger partial charge in [0.15, 0.2) is 0 Å². The van der Waals surface area contributed by atoms with Gasteiger partial charge in [0.05, 0.1) is 45.0 Å². The minimum Gasteiger partial charge on any atom is -0.475 e. The summed E-state index contributed by atoms with van der Waals surface area (Å²) >= 11 is 0. The molecule has 11 amide bonds. The van der Waals surface area contributed by atoms with Gasteiger partial charge < -0.3 is 85.9 Å². The minimum atomic E-state index is -5.08. The second-order valence-electron chi connectivity index (χ2n) is 23.5. The van der Waals surface area contributed by atoms with Gasteiger partial charge in [-0.1, -0.05) is 148 Å². The molecular weight excluding hydrogens is 1280 g/mol. The minimum absolute atomic E-state index is 0.101. The number of halogens is 3. The van der Waals surface area contributed by atoms with Crippen molar-refractivity contribution in [1.82, 2.24) is 46.8 Å². The molecule has 542 valence electrons. The third-order valence-corrected chi connectivity index (χ3v) is 16.7. The molecule has 31 nitrogen and oxygen atoms in total. The van der Waals surface area contributed by atoms with Gasteiger partial charge in [0.25, 0.3) is 0 Å². The highest BCUT2D eigenvalue weighted by Crippen LogP contribution is 2.19. The summed E-state index contributed by atoms with van der Waals surface area (Å²) < 4.78 is 61.7. The number of primary amides is 3. The first-order valence-electron chi connectivity index (χ1n) is 31.7. The van der Waals surface area contributed by atoms with E-state index in [2.05, 4.69) is 49.5 Å². The van der Waals surface area contributed by atoms with Gasteiger partial charge in [0.2, 0.25) is 75.0 Å². The van der Waals surface area contributed by atoms with E-state index in [0.717, 1.165) is 36.4 Å². The van der Waals surface area contributed by atoms with Crippen LogP contribution in [0, 0.1) is 11.8 Å². The molecule has 1 rings (SSSR count). The van der Waals surface area contributed by atoms with E-state index in [0.29, 0.717) is 24.8 Å². The van der Waals surface area contributed by atoms with Crippen molar-refractivity contribution in [2.75, 3.05) is 38.7 Å². The number of nitrogens with zero attached hydrogens (tertiary/aromatic N) is 1. The van der Waals surface area contributed by atoms with Crippen molar-refractivity contribution in [3.05, 3.63) is 35.9 Å². The Labute approximate surface area is 552 Å². The number of carbonyl (C=O) groups excluding carboxylic acids is 11. The van der Waals surface area contributed by atoms with Crippen LogP contribution < -0.4 is 65.5 Å². The maximum atomic E-state index is 14.6. The fourth-order valence-electron chi connectivity index (χ4n) is 9.35. The molecule has 1 aromatic carbocycles. The standard InChI is InChI=1S/C58H101N13O16S.C2HF3O2/c1-7-9-10-11-12-13-14-15-16-17-18-19-23-26-71(46(34-74)57(84)69-45(33-73)51(62)78)88(86,87)35-40(27-36(3)4)65-58(85)50(37(5)8-2)70-52(79)38(6)64-49(77)31-63-54(81)42(28-39-24-21-20-22-25-39)67-56(83)44(30-48(61)76)68-55(82)43(29-47(60)75)66-53(80)41(59)32-72;3-2(4,5)1(6)7/h20-22,24-25,36-38,40-46,50,72-74H,7-19,23,26-35,59H2,1-6H3,(H2,60,75)(H2,61,76)(H2,62,78)(H,63,81)(H,64,77)(H,65,85)(H,66,80)(H,67,83)(H,68,82)(H,69,84)(H,70,79);(H,6,7)/t37-,38-,40-,41-,42-,43-,44-,45-,46-,50-;/m0./s1. The van der Waals surface area contributed by atoms with Gasteiger partial charge in [-0.15, -0.1) is 0 Å². The number of hydrogen-bond acceptors (Lipinski definition) is 18. The van der Waals surface area contributed by atoms with Crippen LogP contribution in [0.4, 0.5) is 13.2 Å². The highest BCUT2D eigenvalue weighted by Gasteiger charge is 2.40. The molecule has 0 aromatic heterocycles. The molecule has 0 heterocycles. The molecule has 0 aliphatic rings. The normalized spacial score (nSPS) is 14.6. The summed E-state index contributed by atoms with van der Waals surface area (Å²) in [6.45, 7) is 6.78. The molecule has 0 bridgehead atoms. The van der Waals surface area contributed by atoms with E-state index in [9.17, 15) is 89.6 Å². The zero-order valence-electron chi connectivity index (χ0n) is 55.0. The quantitative estimate of drug-likeness (QED) is 0.0317. The second-order valence-corrected chi connectivity index (χ2v) is 25.5. The smallest absolute Gasteiger partial charge is 0.475 e. The van der Waals surface area contributed by atoms with Crippen molar-refractivity contribution in [1.29, 1.82) is 0 Å². The summed E-state index contributed by atoms with van der Waals surface area (Å²) in [5, 5.41) is 55.8. The first-order valence-corrected chi connectivity index (χ1v) is 33.3. The second kappa shape index (κ2) is 46.5. The lowest BCUT2D eigenvalue weighted by Crippen LogP contribution is -2.60. The fourth-order valence-corrected chi connectivity index (χ4v) is 11.2. The van der Waals surface area contributed by atoms with Crippen molar-refractivity contribution in [2.45, 2.75) is 218 Å². The molecule has 0 aliphatic carbocycles. The van der Waals surface area contributed by atoms with Crippen molar-refractivity contribution < 1.29 is 99.5 Å². The molecule has 35 heteroatoms. The average Bonchev–Trinajstić information content (AvgIpc) is 0.823. The fraction of sp³-hybridized carbons (Fsp3) is 0.700. The molecule has 1 aromatic rings. The number of amides is 11. The van der Waals surface area contributed by atoms with Gasteiger partial charge in [-0.2, -0.15) is 17.5 Å². The molecule has 0 saturated heterocycles. The first-order chi connectivity index (χ1) is 44.5. The summed E-state index contributed by atoms with van der Waals surface area (Å²) in [6.07, 6.45) is 6.65. The number of benzene rings is 1. The molecule has 10 atom stereocenters. The number of aliphatic carboxylic acids is 1. The molecule has 20 N–H and O–H groups in total. The first kappa shape index (κ1) is 87.4. The molecule has 0 aliphatic heterocycles. The molecule has 0 fully saturated rings. The average molecular weight is 1380 g/mol. The number of carbonyl (C=O) groups is 12. The molecule has 0 spiro atoms. The van der Waals surface area contributed by atoms with Crippen LogP contribution >= 0.6 is 0 Å². The number of nitrogens with two attached hydrogens (primary N) is 4. The summed E-state index contributed by atoms with van der Waals surface area (Å²) in [5.41, 5.74) is 22.0. The molecular formula is C60H102F3N13O18S. The molecule has 0 saturated carbocycles. The Hall–Kier alpha value is -7.60. The number of rotatable bonds is 48. The van der Waals surface area contributed by atoms with Crippen molar-refractivity contribution in [3.63, 3.8) is 0 Å². The van der Waals surface area contributed by atoms with Gasteiger partial charge in [-0.3, -0.25) is 52.7 Å². The number of alkyl halides is 3. The number of aliphatic hydroxyl groups excluding tert-OH is 3. The van der Waals surface area contributed by atoms with E-state index in [1.165, 1.54) is 45.4 Å². The van der Waals surface area contributed by atoms with E-state index < -0.39 is 192 Å². The maximum absolute atomic E-state index is 14.6. The van der Waals surface area contributed by atoms with Crippen molar-refractivity contribution in [2.24, 2.45) is 34.8 Å². The number of nitrogens with one attached hydrogen (secondary N) is 8. The monoisotopic (exact) mass is 1380 g/mol. The third kappa shape index (κ3) is 36.8.